The lowest BCUT2D eigenvalue weighted by atomic mass is 9.87. The van der Waals surface area contributed by atoms with Crippen LogP contribution in [0.15, 0.2) is 30.0 Å². The summed E-state index contributed by atoms with van der Waals surface area (Å²) in [4.78, 5) is 12.1. The van der Waals surface area contributed by atoms with Crippen LogP contribution in [-0.4, -0.2) is 20.0 Å². The Bertz CT molecular complexity index is 593. The summed E-state index contributed by atoms with van der Waals surface area (Å²) >= 11 is 0. The van der Waals surface area contributed by atoms with E-state index in [2.05, 4.69) is 5.32 Å². The zero-order valence-electron chi connectivity index (χ0n) is 13.0. The van der Waals surface area contributed by atoms with E-state index < -0.39 is 5.41 Å². The Kier molecular flexibility index (Phi) is 5.37. The molecule has 5 heteroatoms. The predicted octanol–water partition coefficient (Wildman–Crippen LogP) is 3.14. The van der Waals surface area contributed by atoms with Crippen LogP contribution in [0.4, 0.5) is 5.69 Å². The lowest BCUT2D eigenvalue weighted by Crippen LogP contribution is -2.22. The molecule has 0 aromatic heterocycles. The van der Waals surface area contributed by atoms with Crippen molar-refractivity contribution in [1.82, 2.24) is 0 Å². The second kappa shape index (κ2) is 6.80. The van der Waals surface area contributed by atoms with Crippen molar-refractivity contribution < 1.29 is 14.3 Å². The van der Waals surface area contributed by atoms with E-state index in [1.54, 1.807) is 53.2 Å². The molecule has 0 saturated carbocycles. The van der Waals surface area contributed by atoms with E-state index >= 15 is 0 Å². The molecule has 1 N–H and O–H groups in total. The topological polar surface area (TPSA) is 71.3 Å². The number of carbonyl (C=O) groups excluding carboxylic acids is 1. The molecule has 0 atom stereocenters. The van der Waals surface area contributed by atoms with Gasteiger partial charge in [-0.25, -0.2) is 0 Å². The quantitative estimate of drug-likeness (QED) is 0.665. The Morgan fingerprint density at radius 3 is 2.43 bits per heavy atom. The van der Waals surface area contributed by atoms with Gasteiger partial charge in [-0.2, -0.15) is 5.26 Å². The highest BCUT2D eigenvalue weighted by Crippen LogP contribution is 2.29. The number of Topliss-reactive ketones (excluding diaryl/α,β-unsaturated/α-hetero) is 1. The van der Waals surface area contributed by atoms with Crippen LogP contribution < -0.4 is 14.8 Å². The molecule has 0 aliphatic heterocycles. The van der Waals surface area contributed by atoms with Crippen LogP contribution in [0.1, 0.15) is 20.8 Å². The SMILES string of the molecule is COc1ccc(OC)c(N/C=C(/C#N)C(=O)C(C)(C)C)c1. The number of allylic oxidation sites excluding steroid dienone is 1. The molecule has 112 valence electrons. The van der Waals surface area contributed by atoms with Crippen molar-refractivity contribution in [1.29, 1.82) is 5.26 Å². The summed E-state index contributed by atoms with van der Waals surface area (Å²) < 4.78 is 10.4. The highest BCUT2D eigenvalue weighted by Gasteiger charge is 2.25. The van der Waals surface area contributed by atoms with Gasteiger partial charge in [0, 0.05) is 17.7 Å². The molecule has 1 aromatic rings. The number of nitrogens with one attached hydrogen (secondary N) is 1. The summed E-state index contributed by atoms with van der Waals surface area (Å²) in [5.74, 6) is 1.01. The number of nitrogens with zero attached hydrogens (tertiary/aromatic N) is 1. The van der Waals surface area contributed by atoms with Gasteiger partial charge in [0.15, 0.2) is 5.78 Å². The Balaban J connectivity index is 3.07. The van der Waals surface area contributed by atoms with E-state index in [9.17, 15) is 4.79 Å². The summed E-state index contributed by atoms with van der Waals surface area (Å²) in [6.07, 6.45) is 1.39. The van der Waals surface area contributed by atoms with E-state index in [0.29, 0.717) is 17.2 Å². The summed E-state index contributed by atoms with van der Waals surface area (Å²) in [6, 6.07) is 7.16. The van der Waals surface area contributed by atoms with Crippen LogP contribution in [0.3, 0.4) is 0 Å². The molecule has 0 fully saturated rings. The summed E-state index contributed by atoms with van der Waals surface area (Å²) in [6.45, 7) is 5.31. The standard InChI is InChI=1S/C16H20N2O3/c1-16(2,3)15(19)11(9-17)10-18-13-8-12(20-4)6-7-14(13)21-5/h6-8,10,18H,1-5H3/b11-10-. The van der Waals surface area contributed by atoms with Gasteiger partial charge in [-0.15, -0.1) is 0 Å². The van der Waals surface area contributed by atoms with Gasteiger partial charge >= 0.3 is 0 Å². The number of nitriles is 1. The van der Waals surface area contributed by atoms with Crippen molar-refractivity contribution in [3.8, 4) is 17.6 Å². The summed E-state index contributed by atoms with van der Waals surface area (Å²) in [7, 11) is 3.10. The van der Waals surface area contributed by atoms with E-state index in [1.807, 2.05) is 6.07 Å². The molecule has 5 nitrogen and oxygen atoms in total. The van der Waals surface area contributed by atoms with Gasteiger partial charge in [-0.1, -0.05) is 20.8 Å². The predicted molar refractivity (Wildman–Crippen MR) is 81.3 cm³/mol. The van der Waals surface area contributed by atoms with Gasteiger partial charge in [0.2, 0.25) is 0 Å². The average Bonchev–Trinajstić information content (AvgIpc) is 2.46. The lowest BCUT2D eigenvalue weighted by molar-refractivity contribution is -0.122. The van der Waals surface area contributed by atoms with Crippen molar-refractivity contribution in [3.63, 3.8) is 0 Å². The number of rotatable bonds is 5. The Morgan fingerprint density at radius 2 is 1.95 bits per heavy atom. The van der Waals surface area contributed by atoms with Gasteiger partial charge in [0.05, 0.1) is 19.9 Å². The van der Waals surface area contributed by atoms with E-state index in [1.165, 1.54) is 6.20 Å². The van der Waals surface area contributed by atoms with Crippen molar-refractivity contribution in [2.45, 2.75) is 20.8 Å². The number of ether oxygens (including phenoxy) is 2. The molecular formula is C16H20N2O3. The zero-order valence-corrected chi connectivity index (χ0v) is 13.0. The fourth-order valence-corrected chi connectivity index (χ4v) is 1.63. The summed E-state index contributed by atoms with van der Waals surface area (Å²) in [5, 5.41) is 12.1. The van der Waals surface area contributed by atoms with Crippen molar-refractivity contribution >= 4 is 11.5 Å². The second-order valence-corrected chi connectivity index (χ2v) is 5.46. The average molecular weight is 288 g/mol. The zero-order chi connectivity index (χ0) is 16.0. The fraction of sp³-hybridized carbons (Fsp3) is 0.375. The molecule has 1 rings (SSSR count). The minimum Gasteiger partial charge on any atom is -0.497 e. The van der Waals surface area contributed by atoms with Gasteiger partial charge in [0.25, 0.3) is 0 Å². The Morgan fingerprint density at radius 1 is 1.29 bits per heavy atom. The minimum atomic E-state index is -0.609. The molecule has 0 aliphatic carbocycles. The number of methoxy groups -OCH3 is 2. The normalized spacial score (nSPS) is 11.5. The molecule has 0 amide bonds. The largest absolute Gasteiger partial charge is 0.497 e. The van der Waals surface area contributed by atoms with Crippen LogP contribution in [0.2, 0.25) is 0 Å². The first kappa shape index (κ1) is 16.6. The highest BCUT2D eigenvalue weighted by molar-refractivity contribution is 6.02. The van der Waals surface area contributed by atoms with E-state index in [-0.39, 0.29) is 11.4 Å². The number of benzene rings is 1. The lowest BCUT2D eigenvalue weighted by Gasteiger charge is -2.16. The van der Waals surface area contributed by atoms with Gasteiger partial charge < -0.3 is 14.8 Å². The van der Waals surface area contributed by atoms with E-state index in [4.69, 9.17) is 14.7 Å². The maximum atomic E-state index is 12.1. The molecule has 0 radical (unpaired) electrons. The molecule has 0 heterocycles. The molecule has 21 heavy (non-hydrogen) atoms. The molecule has 0 saturated heterocycles. The number of anilines is 1. The number of hydrogen-bond acceptors (Lipinski definition) is 5. The van der Waals surface area contributed by atoms with Crippen LogP contribution in [-0.2, 0) is 4.79 Å². The minimum absolute atomic E-state index is 0.0624. The third-order valence-corrected chi connectivity index (χ3v) is 2.82. The molecular weight excluding hydrogens is 268 g/mol. The second-order valence-electron chi connectivity index (χ2n) is 5.46. The first-order valence-corrected chi connectivity index (χ1v) is 6.47. The van der Waals surface area contributed by atoms with Crippen LogP contribution >= 0.6 is 0 Å². The molecule has 0 bridgehead atoms. The van der Waals surface area contributed by atoms with E-state index in [0.717, 1.165) is 0 Å². The van der Waals surface area contributed by atoms with Crippen molar-refractivity contribution in [3.05, 3.63) is 30.0 Å². The third kappa shape index (κ3) is 4.25. The number of ketones is 1. The number of carbonyl (C=O) groups is 1. The first-order chi connectivity index (χ1) is 9.83. The molecule has 0 spiro atoms. The maximum absolute atomic E-state index is 12.1. The van der Waals surface area contributed by atoms with Gasteiger partial charge in [-0.3, -0.25) is 4.79 Å². The Labute approximate surface area is 125 Å². The summed E-state index contributed by atoms with van der Waals surface area (Å²) in [5.41, 5.74) is 0.0699. The van der Waals surface area contributed by atoms with Crippen molar-refractivity contribution in [2.24, 2.45) is 5.41 Å². The highest BCUT2D eigenvalue weighted by atomic mass is 16.5. The molecule has 0 aliphatic rings. The van der Waals surface area contributed by atoms with Gasteiger partial charge in [-0.05, 0) is 12.1 Å². The first-order valence-electron chi connectivity index (χ1n) is 6.47. The molecule has 0 unspecified atom stereocenters. The van der Waals surface area contributed by atoms with Crippen LogP contribution in [0.25, 0.3) is 0 Å². The number of hydrogen-bond donors (Lipinski definition) is 1. The van der Waals surface area contributed by atoms with Gasteiger partial charge in [0.1, 0.15) is 23.1 Å². The van der Waals surface area contributed by atoms with Crippen molar-refractivity contribution in [2.75, 3.05) is 19.5 Å². The monoisotopic (exact) mass is 288 g/mol. The Hall–Kier alpha value is -2.48. The van der Waals surface area contributed by atoms with Crippen LogP contribution in [0.5, 0.6) is 11.5 Å². The van der Waals surface area contributed by atoms with Crippen LogP contribution in [0, 0.1) is 16.7 Å². The fourth-order valence-electron chi connectivity index (χ4n) is 1.63. The molecule has 1 aromatic carbocycles. The maximum Gasteiger partial charge on any atom is 0.180 e. The smallest absolute Gasteiger partial charge is 0.180 e. The third-order valence-electron chi connectivity index (χ3n) is 2.82.